The molecule has 0 bridgehead atoms. The second kappa shape index (κ2) is 9.62. The fourth-order valence-electron chi connectivity index (χ4n) is 4.74. The van der Waals surface area contributed by atoms with Crippen LogP contribution >= 0.6 is 0 Å². The number of carboxylic acids is 1. The Morgan fingerprint density at radius 3 is 2.21 bits per heavy atom. The molecule has 0 saturated carbocycles. The number of alkyl carbamates (subject to hydrolysis) is 1. The fraction of sp³-hybridized carbons (Fsp3) is 0.400. The van der Waals surface area contributed by atoms with E-state index in [9.17, 15) is 19.5 Å². The van der Waals surface area contributed by atoms with Gasteiger partial charge in [0.1, 0.15) is 12.5 Å². The zero-order chi connectivity index (χ0) is 23.5. The van der Waals surface area contributed by atoms with Crippen molar-refractivity contribution in [3.05, 3.63) is 59.7 Å². The molecule has 1 fully saturated rings. The maximum absolute atomic E-state index is 12.6. The molecular weight excluding hydrogens is 424 g/mol. The molecule has 1 heterocycles. The standard InChI is InChI=1S/C25H28N2O6/c1-15(11-23(28)27-12-20(24(29)30)22(13-27)32-2)26-25(31)33-14-21-18-9-5-3-7-16(18)17-8-4-6-10-19(17)21/h3-10,15,20-22H,11-14H2,1-2H3,(H,26,31)(H,29,30). The number of nitrogens with one attached hydrogen (secondary N) is 1. The van der Waals surface area contributed by atoms with Crippen molar-refractivity contribution in [2.45, 2.75) is 31.4 Å². The highest BCUT2D eigenvalue weighted by molar-refractivity contribution is 5.81. The van der Waals surface area contributed by atoms with Crippen molar-refractivity contribution in [3.8, 4) is 11.1 Å². The van der Waals surface area contributed by atoms with E-state index in [1.807, 2.05) is 24.3 Å². The molecule has 2 aliphatic rings. The van der Waals surface area contributed by atoms with E-state index in [0.717, 1.165) is 22.3 Å². The lowest BCUT2D eigenvalue weighted by atomic mass is 9.98. The molecule has 8 heteroatoms. The number of carbonyl (C=O) groups excluding carboxylic acids is 2. The van der Waals surface area contributed by atoms with E-state index < -0.39 is 30.1 Å². The maximum Gasteiger partial charge on any atom is 0.407 e. The predicted molar refractivity (Wildman–Crippen MR) is 121 cm³/mol. The number of carboxylic acid groups (broad SMARTS) is 1. The van der Waals surface area contributed by atoms with Crippen LogP contribution < -0.4 is 5.32 Å². The Hall–Kier alpha value is -3.39. The van der Waals surface area contributed by atoms with Gasteiger partial charge in [-0.15, -0.1) is 0 Å². The number of methoxy groups -OCH3 is 1. The average molecular weight is 453 g/mol. The number of nitrogens with zero attached hydrogens (tertiary/aromatic N) is 1. The third kappa shape index (κ3) is 4.71. The van der Waals surface area contributed by atoms with Crippen molar-refractivity contribution in [1.29, 1.82) is 0 Å². The summed E-state index contributed by atoms with van der Waals surface area (Å²) in [4.78, 5) is 37.8. The minimum Gasteiger partial charge on any atom is -0.481 e. The van der Waals surface area contributed by atoms with Crippen molar-refractivity contribution in [1.82, 2.24) is 10.2 Å². The summed E-state index contributed by atoms with van der Waals surface area (Å²) in [5, 5.41) is 12.0. The molecule has 0 spiro atoms. The van der Waals surface area contributed by atoms with Crippen LogP contribution in [0.25, 0.3) is 11.1 Å². The predicted octanol–water partition coefficient (Wildman–Crippen LogP) is 2.86. The largest absolute Gasteiger partial charge is 0.481 e. The van der Waals surface area contributed by atoms with Gasteiger partial charge in [0.15, 0.2) is 0 Å². The van der Waals surface area contributed by atoms with Crippen molar-refractivity contribution in [2.24, 2.45) is 5.92 Å². The van der Waals surface area contributed by atoms with Gasteiger partial charge in [-0.05, 0) is 29.2 Å². The van der Waals surface area contributed by atoms with Crippen LogP contribution in [-0.4, -0.2) is 66.9 Å². The van der Waals surface area contributed by atoms with E-state index >= 15 is 0 Å². The molecule has 174 valence electrons. The molecule has 8 nitrogen and oxygen atoms in total. The fourth-order valence-corrected chi connectivity index (χ4v) is 4.74. The summed E-state index contributed by atoms with van der Waals surface area (Å²) in [6.07, 6.45) is -1.07. The Bertz CT molecular complexity index is 1010. The first-order valence-corrected chi connectivity index (χ1v) is 11.0. The topological polar surface area (TPSA) is 105 Å². The smallest absolute Gasteiger partial charge is 0.407 e. The molecular formula is C25H28N2O6. The summed E-state index contributed by atoms with van der Waals surface area (Å²) in [5.74, 6) is -2.00. The lowest BCUT2D eigenvalue weighted by Gasteiger charge is -2.20. The van der Waals surface area contributed by atoms with Crippen LogP contribution in [0.1, 0.15) is 30.4 Å². The van der Waals surface area contributed by atoms with Gasteiger partial charge in [-0.25, -0.2) is 4.79 Å². The maximum atomic E-state index is 12.6. The third-order valence-electron chi connectivity index (χ3n) is 6.43. The van der Waals surface area contributed by atoms with E-state index in [2.05, 4.69) is 29.6 Å². The molecule has 3 atom stereocenters. The normalized spacial score (nSPS) is 20.1. The van der Waals surface area contributed by atoms with Gasteiger partial charge in [0.2, 0.25) is 5.91 Å². The first-order valence-electron chi connectivity index (χ1n) is 11.0. The number of hydrogen-bond donors (Lipinski definition) is 2. The van der Waals surface area contributed by atoms with Gasteiger partial charge >= 0.3 is 12.1 Å². The molecule has 1 saturated heterocycles. The number of ether oxygens (including phenoxy) is 2. The van der Waals surface area contributed by atoms with Crippen molar-refractivity contribution in [3.63, 3.8) is 0 Å². The van der Waals surface area contributed by atoms with E-state index in [-0.39, 0.29) is 37.9 Å². The SMILES string of the molecule is COC1CN(C(=O)CC(C)NC(=O)OCC2c3ccccc3-c3ccccc32)CC1C(=O)O. The van der Waals surface area contributed by atoms with Crippen molar-refractivity contribution in [2.75, 3.05) is 26.8 Å². The summed E-state index contributed by atoms with van der Waals surface area (Å²) in [6, 6.07) is 15.7. The van der Waals surface area contributed by atoms with Gasteiger partial charge in [0.05, 0.1) is 6.10 Å². The number of benzene rings is 2. The highest BCUT2D eigenvalue weighted by Crippen LogP contribution is 2.44. The molecule has 0 aromatic heterocycles. The summed E-state index contributed by atoms with van der Waals surface area (Å²) >= 11 is 0. The Labute approximate surface area is 192 Å². The Balaban J connectivity index is 1.30. The van der Waals surface area contributed by atoms with Crippen LogP contribution in [0.2, 0.25) is 0 Å². The van der Waals surface area contributed by atoms with Gasteiger partial charge in [-0.3, -0.25) is 9.59 Å². The van der Waals surface area contributed by atoms with Crippen molar-refractivity contribution >= 4 is 18.0 Å². The van der Waals surface area contributed by atoms with Gasteiger partial charge in [0.25, 0.3) is 0 Å². The number of rotatable bonds is 7. The van der Waals surface area contributed by atoms with Crippen molar-refractivity contribution < 1.29 is 29.0 Å². The van der Waals surface area contributed by atoms with Crippen LogP contribution in [0.15, 0.2) is 48.5 Å². The number of amides is 2. The number of carbonyl (C=O) groups is 3. The first-order chi connectivity index (χ1) is 15.9. The minimum atomic E-state index is -0.984. The van der Waals surface area contributed by atoms with Crippen LogP contribution in [0.3, 0.4) is 0 Å². The molecule has 2 N–H and O–H groups in total. The molecule has 0 radical (unpaired) electrons. The van der Waals surface area contributed by atoms with E-state index in [4.69, 9.17) is 9.47 Å². The average Bonchev–Trinajstić information content (AvgIpc) is 3.37. The molecule has 33 heavy (non-hydrogen) atoms. The summed E-state index contributed by atoms with van der Waals surface area (Å²) < 4.78 is 10.7. The molecule has 1 aliphatic heterocycles. The van der Waals surface area contributed by atoms with Gasteiger partial charge in [-0.1, -0.05) is 48.5 Å². The van der Waals surface area contributed by atoms with Gasteiger partial charge in [0, 0.05) is 38.6 Å². The molecule has 1 aliphatic carbocycles. The lowest BCUT2D eigenvalue weighted by molar-refractivity contribution is -0.144. The molecule has 2 aromatic carbocycles. The Morgan fingerprint density at radius 2 is 1.67 bits per heavy atom. The van der Waals surface area contributed by atoms with E-state index in [1.165, 1.54) is 12.0 Å². The van der Waals surface area contributed by atoms with E-state index in [1.54, 1.807) is 6.92 Å². The third-order valence-corrected chi connectivity index (χ3v) is 6.43. The second-order valence-electron chi connectivity index (χ2n) is 8.59. The van der Waals surface area contributed by atoms with Crippen LogP contribution in [-0.2, 0) is 19.1 Å². The molecule has 4 rings (SSSR count). The number of fused-ring (bicyclic) bond motifs is 3. The number of aliphatic carboxylic acids is 1. The highest BCUT2D eigenvalue weighted by Gasteiger charge is 2.40. The summed E-state index contributed by atoms with van der Waals surface area (Å²) in [7, 11) is 1.44. The van der Waals surface area contributed by atoms with Gasteiger partial charge in [-0.2, -0.15) is 0 Å². The number of hydrogen-bond acceptors (Lipinski definition) is 5. The Morgan fingerprint density at radius 1 is 1.06 bits per heavy atom. The molecule has 2 amide bonds. The zero-order valence-electron chi connectivity index (χ0n) is 18.7. The molecule has 3 unspecified atom stereocenters. The first kappa shape index (κ1) is 22.8. The highest BCUT2D eigenvalue weighted by atomic mass is 16.5. The van der Waals surface area contributed by atoms with Gasteiger partial charge < -0.3 is 24.8 Å². The van der Waals surface area contributed by atoms with Crippen LogP contribution in [0.5, 0.6) is 0 Å². The quantitative estimate of drug-likeness (QED) is 0.669. The second-order valence-corrected chi connectivity index (χ2v) is 8.59. The minimum absolute atomic E-state index is 0.0383. The summed E-state index contributed by atoms with van der Waals surface area (Å²) in [6.45, 7) is 2.24. The number of likely N-dealkylation sites (tertiary alicyclic amines) is 1. The summed E-state index contributed by atoms with van der Waals surface area (Å²) in [5.41, 5.74) is 4.57. The monoisotopic (exact) mass is 452 g/mol. The van der Waals surface area contributed by atoms with Crippen LogP contribution in [0.4, 0.5) is 4.79 Å². The van der Waals surface area contributed by atoms with Crippen LogP contribution in [0, 0.1) is 5.92 Å². The molecule has 2 aromatic rings. The van der Waals surface area contributed by atoms with E-state index in [0.29, 0.717) is 0 Å². The Kier molecular flexibility index (Phi) is 6.65. The zero-order valence-corrected chi connectivity index (χ0v) is 18.7. The lowest BCUT2D eigenvalue weighted by Crippen LogP contribution is -2.39.